The molecule has 2 rings (SSSR count). The molecule has 1 aromatic rings. The van der Waals surface area contributed by atoms with Gasteiger partial charge in [-0.2, -0.15) is 0 Å². The van der Waals surface area contributed by atoms with Gasteiger partial charge in [0.1, 0.15) is 10.8 Å². The summed E-state index contributed by atoms with van der Waals surface area (Å²) in [4.78, 5) is 15.9. The molecule has 2 unspecified atom stereocenters. The largest absolute Gasteiger partial charge is 0.378 e. The topological polar surface area (TPSA) is 51.2 Å². The van der Waals surface area contributed by atoms with Crippen molar-refractivity contribution in [2.75, 3.05) is 13.2 Å². The molecule has 2 heterocycles. The Morgan fingerprint density at radius 1 is 1.56 bits per heavy atom. The molecular weight excluding hydrogens is 275 g/mol. The zero-order valence-electron chi connectivity index (χ0n) is 9.95. The van der Waals surface area contributed by atoms with E-state index in [9.17, 15) is 4.79 Å². The van der Waals surface area contributed by atoms with Gasteiger partial charge >= 0.3 is 0 Å². The first kappa shape index (κ1) is 13.6. The van der Waals surface area contributed by atoms with E-state index < -0.39 is 0 Å². The van der Waals surface area contributed by atoms with Gasteiger partial charge in [0.25, 0.3) is 5.91 Å². The Kier molecular flexibility index (Phi) is 4.43. The zero-order chi connectivity index (χ0) is 13.1. The molecule has 2 atom stereocenters. The van der Waals surface area contributed by atoms with Gasteiger partial charge in [-0.25, -0.2) is 4.98 Å². The summed E-state index contributed by atoms with van der Waals surface area (Å²) in [6.45, 7) is 3.32. The highest BCUT2D eigenvalue weighted by molar-refractivity contribution is 6.34. The van der Waals surface area contributed by atoms with Crippen LogP contribution in [0.2, 0.25) is 10.2 Å². The fraction of sp³-hybridized carbons (Fsp3) is 0.500. The molecule has 1 aromatic heterocycles. The first-order valence-corrected chi connectivity index (χ1v) is 6.55. The van der Waals surface area contributed by atoms with E-state index in [1.54, 1.807) is 12.1 Å². The molecule has 0 aliphatic carbocycles. The molecule has 1 saturated heterocycles. The van der Waals surface area contributed by atoms with Crippen LogP contribution in [0.3, 0.4) is 0 Å². The van der Waals surface area contributed by atoms with Crippen LogP contribution >= 0.6 is 23.2 Å². The molecule has 1 aliphatic rings. The van der Waals surface area contributed by atoms with Crippen LogP contribution in [0.15, 0.2) is 12.1 Å². The van der Waals surface area contributed by atoms with Gasteiger partial charge in [-0.1, -0.05) is 23.2 Å². The van der Waals surface area contributed by atoms with Crippen molar-refractivity contribution in [2.24, 2.45) is 5.92 Å². The molecule has 1 fully saturated rings. The molecule has 4 nitrogen and oxygen atoms in total. The van der Waals surface area contributed by atoms with E-state index in [1.165, 1.54) is 0 Å². The van der Waals surface area contributed by atoms with Gasteiger partial charge in [0.2, 0.25) is 0 Å². The molecule has 0 bridgehead atoms. The quantitative estimate of drug-likeness (QED) is 0.870. The van der Waals surface area contributed by atoms with Crippen molar-refractivity contribution in [1.82, 2.24) is 10.3 Å². The molecule has 0 saturated carbocycles. The zero-order valence-corrected chi connectivity index (χ0v) is 11.5. The molecule has 0 aromatic carbocycles. The number of halogens is 2. The highest BCUT2D eigenvalue weighted by Gasteiger charge is 2.25. The van der Waals surface area contributed by atoms with Gasteiger partial charge in [-0.3, -0.25) is 4.79 Å². The van der Waals surface area contributed by atoms with E-state index in [0.29, 0.717) is 17.5 Å². The maximum absolute atomic E-state index is 11.9. The molecule has 0 radical (unpaired) electrons. The van der Waals surface area contributed by atoms with E-state index in [-0.39, 0.29) is 22.9 Å². The van der Waals surface area contributed by atoms with Crippen molar-refractivity contribution < 1.29 is 9.53 Å². The molecule has 6 heteroatoms. The Hall–Kier alpha value is -0.840. The summed E-state index contributed by atoms with van der Waals surface area (Å²) in [7, 11) is 0. The van der Waals surface area contributed by atoms with Crippen molar-refractivity contribution in [1.29, 1.82) is 0 Å². The van der Waals surface area contributed by atoms with E-state index in [4.69, 9.17) is 27.9 Å². The van der Waals surface area contributed by atoms with Crippen molar-refractivity contribution in [2.45, 2.75) is 19.4 Å². The number of hydrogen-bond donors (Lipinski definition) is 1. The second-order valence-corrected chi connectivity index (χ2v) is 5.09. The van der Waals surface area contributed by atoms with Crippen LogP contribution < -0.4 is 5.32 Å². The number of nitrogens with zero attached hydrogens (tertiary/aromatic N) is 1. The first-order valence-electron chi connectivity index (χ1n) is 5.80. The summed E-state index contributed by atoms with van der Waals surface area (Å²) in [5.41, 5.74) is 0.163. The lowest BCUT2D eigenvalue weighted by atomic mass is 10.0. The van der Waals surface area contributed by atoms with E-state index in [2.05, 4.69) is 10.3 Å². The van der Waals surface area contributed by atoms with Gasteiger partial charge in [-0.15, -0.1) is 0 Å². The second kappa shape index (κ2) is 5.87. The molecule has 18 heavy (non-hydrogen) atoms. The number of pyridine rings is 1. The van der Waals surface area contributed by atoms with Crippen molar-refractivity contribution in [3.63, 3.8) is 0 Å². The Bertz CT molecular complexity index is 454. The number of carbonyl (C=O) groups is 1. The van der Waals surface area contributed by atoms with Gasteiger partial charge in [0.15, 0.2) is 0 Å². The lowest BCUT2D eigenvalue weighted by molar-refractivity contribution is 0.0903. The lowest BCUT2D eigenvalue weighted by Crippen LogP contribution is -2.32. The van der Waals surface area contributed by atoms with Crippen LogP contribution in [0.4, 0.5) is 0 Å². The number of carbonyl (C=O) groups excluding carboxylic acids is 1. The summed E-state index contributed by atoms with van der Waals surface area (Å²) in [5, 5.41) is 3.37. The SMILES string of the molecule is CC1OCCC1CNC(=O)c1nc(Cl)ccc1Cl. The first-order chi connectivity index (χ1) is 8.58. The predicted octanol–water partition coefficient (Wildman–Crippen LogP) is 2.54. The predicted molar refractivity (Wildman–Crippen MR) is 70.1 cm³/mol. The van der Waals surface area contributed by atoms with Gasteiger partial charge in [-0.05, 0) is 25.5 Å². The van der Waals surface area contributed by atoms with E-state index in [0.717, 1.165) is 13.0 Å². The van der Waals surface area contributed by atoms with Gasteiger partial charge < -0.3 is 10.1 Å². The maximum atomic E-state index is 11.9. The minimum atomic E-state index is -0.304. The third-order valence-corrected chi connectivity index (χ3v) is 3.60. The van der Waals surface area contributed by atoms with Gasteiger partial charge in [0, 0.05) is 19.1 Å². The summed E-state index contributed by atoms with van der Waals surface area (Å²) >= 11 is 11.7. The summed E-state index contributed by atoms with van der Waals surface area (Å²) in [5.74, 6) is 0.0357. The smallest absolute Gasteiger partial charge is 0.271 e. The van der Waals surface area contributed by atoms with Crippen molar-refractivity contribution >= 4 is 29.1 Å². The number of aromatic nitrogens is 1. The maximum Gasteiger partial charge on any atom is 0.271 e. The standard InChI is InChI=1S/C12H14Cl2N2O2/c1-7-8(4-5-18-7)6-15-12(17)11-9(13)2-3-10(14)16-11/h2-3,7-8H,4-6H2,1H3,(H,15,17). The van der Waals surface area contributed by atoms with Crippen LogP contribution in [-0.4, -0.2) is 30.1 Å². The number of ether oxygens (including phenoxy) is 1. The number of amides is 1. The molecule has 98 valence electrons. The van der Waals surface area contributed by atoms with E-state index in [1.807, 2.05) is 6.92 Å². The van der Waals surface area contributed by atoms with E-state index >= 15 is 0 Å². The van der Waals surface area contributed by atoms with Gasteiger partial charge in [0.05, 0.1) is 11.1 Å². The average molecular weight is 289 g/mol. The van der Waals surface area contributed by atoms with Crippen molar-refractivity contribution in [3.05, 3.63) is 28.0 Å². The highest BCUT2D eigenvalue weighted by atomic mass is 35.5. The molecule has 0 spiro atoms. The monoisotopic (exact) mass is 288 g/mol. The molecule has 1 aliphatic heterocycles. The van der Waals surface area contributed by atoms with Crippen LogP contribution in [0.5, 0.6) is 0 Å². The fourth-order valence-electron chi connectivity index (χ4n) is 1.93. The number of nitrogens with one attached hydrogen (secondary N) is 1. The average Bonchev–Trinajstić information content (AvgIpc) is 2.75. The summed E-state index contributed by atoms with van der Waals surface area (Å²) in [6.07, 6.45) is 1.13. The lowest BCUT2D eigenvalue weighted by Gasteiger charge is -2.14. The molecular formula is C12H14Cl2N2O2. The third-order valence-electron chi connectivity index (χ3n) is 3.09. The second-order valence-electron chi connectivity index (χ2n) is 4.30. The Labute approximate surface area is 116 Å². The van der Waals surface area contributed by atoms with Crippen LogP contribution in [-0.2, 0) is 4.74 Å². The number of rotatable bonds is 3. The van der Waals surface area contributed by atoms with Crippen LogP contribution in [0, 0.1) is 5.92 Å². The fourth-order valence-corrected chi connectivity index (χ4v) is 2.27. The third kappa shape index (κ3) is 3.13. The Balaban J connectivity index is 1.97. The Morgan fingerprint density at radius 3 is 3.00 bits per heavy atom. The van der Waals surface area contributed by atoms with Crippen molar-refractivity contribution in [3.8, 4) is 0 Å². The molecule has 1 amide bonds. The minimum absolute atomic E-state index is 0.163. The van der Waals surface area contributed by atoms with Crippen LogP contribution in [0.1, 0.15) is 23.8 Å². The molecule has 1 N–H and O–H groups in total. The van der Waals surface area contributed by atoms with Crippen LogP contribution in [0.25, 0.3) is 0 Å². The summed E-state index contributed by atoms with van der Waals surface area (Å²) in [6, 6.07) is 3.11. The number of hydrogen-bond acceptors (Lipinski definition) is 3. The highest BCUT2D eigenvalue weighted by Crippen LogP contribution is 2.20. The summed E-state index contributed by atoms with van der Waals surface area (Å²) < 4.78 is 5.43. The Morgan fingerprint density at radius 2 is 2.33 bits per heavy atom. The minimum Gasteiger partial charge on any atom is -0.378 e. The normalized spacial score (nSPS) is 23.1.